The van der Waals surface area contributed by atoms with Gasteiger partial charge >= 0.3 is 6.18 Å². The summed E-state index contributed by atoms with van der Waals surface area (Å²) in [5.74, 6) is 0. The smallest absolute Gasteiger partial charge is 0.349 e. The highest BCUT2D eigenvalue weighted by atomic mass is 19.4. The monoisotopic (exact) mass is 228 g/mol. The van der Waals surface area contributed by atoms with Crippen LogP contribution in [-0.2, 0) is 13.2 Å². The van der Waals surface area contributed by atoms with Gasteiger partial charge in [-0.05, 0) is 25.5 Å². The van der Waals surface area contributed by atoms with Crippen molar-refractivity contribution >= 4 is 10.9 Å². The summed E-state index contributed by atoms with van der Waals surface area (Å²) in [5, 5.41) is 0.613. The molecular weight excluding hydrogens is 217 g/mol. The summed E-state index contributed by atoms with van der Waals surface area (Å²) in [6.45, 7) is 3.39. The fourth-order valence-electron chi connectivity index (χ4n) is 1.98. The molecule has 2 heterocycles. The van der Waals surface area contributed by atoms with Crippen molar-refractivity contribution in [3.05, 3.63) is 29.2 Å². The van der Waals surface area contributed by atoms with Gasteiger partial charge in [-0.1, -0.05) is 0 Å². The lowest BCUT2D eigenvalue weighted by Gasteiger charge is -2.08. The highest BCUT2D eigenvalue weighted by Crippen LogP contribution is 2.32. The van der Waals surface area contributed by atoms with Gasteiger partial charge in [0.25, 0.3) is 0 Å². The van der Waals surface area contributed by atoms with Crippen LogP contribution in [0.15, 0.2) is 12.3 Å². The van der Waals surface area contributed by atoms with Crippen LogP contribution in [0.4, 0.5) is 13.2 Å². The predicted octanol–water partition coefficient (Wildman–Crippen LogP) is 3.21. The van der Waals surface area contributed by atoms with E-state index in [-0.39, 0.29) is 0 Å². The van der Waals surface area contributed by atoms with Crippen LogP contribution in [0.5, 0.6) is 0 Å². The van der Waals surface area contributed by atoms with Crippen molar-refractivity contribution in [2.45, 2.75) is 20.0 Å². The highest BCUT2D eigenvalue weighted by molar-refractivity contribution is 5.85. The van der Waals surface area contributed by atoms with Crippen LogP contribution in [-0.4, -0.2) is 9.55 Å². The van der Waals surface area contributed by atoms with Crippen molar-refractivity contribution in [1.82, 2.24) is 9.55 Å². The van der Waals surface area contributed by atoms with Gasteiger partial charge in [0.05, 0.1) is 11.2 Å². The van der Waals surface area contributed by atoms with Crippen LogP contribution in [0.3, 0.4) is 0 Å². The first-order valence-electron chi connectivity index (χ1n) is 4.81. The average molecular weight is 228 g/mol. The second-order valence-corrected chi connectivity index (χ2v) is 3.91. The summed E-state index contributed by atoms with van der Waals surface area (Å²) in [6.07, 6.45) is -2.58. The Morgan fingerprint density at radius 3 is 2.44 bits per heavy atom. The number of rotatable bonds is 0. The Bertz CT molecular complexity index is 552. The molecule has 2 aromatic rings. The lowest BCUT2D eigenvalue weighted by molar-refractivity contribution is -0.141. The molecule has 0 unspecified atom stereocenters. The molecule has 0 N–H and O–H groups in total. The van der Waals surface area contributed by atoms with Crippen molar-refractivity contribution in [2.24, 2.45) is 7.05 Å². The molecule has 2 rings (SSSR count). The molecule has 0 fully saturated rings. The van der Waals surface area contributed by atoms with Crippen LogP contribution in [0.1, 0.15) is 17.0 Å². The van der Waals surface area contributed by atoms with Gasteiger partial charge in [0, 0.05) is 18.6 Å². The third kappa shape index (κ3) is 1.56. The molecule has 0 atom stereocenters. The minimum Gasteiger partial charge on any atom is -0.349 e. The molecule has 2 aromatic heterocycles. The summed E-state index contributed by atoms with van der Waals surface area (Å²) in [4.78, 5) is 3.60. The number of fused-ring (bicyclic) bond motifs is 1. The standard InChI is InChI=1S/C11H11F3N2/c1-6-5-16(3)10-7(2)15-9(4-8(6)10)11(12,13)14/h4-5H,1-3H3. The summed E-state index contributed by atoms with van der Waals surface area (Å²) in [7, 11) is 1.80. The summed E-state index contributed by atoms with van der Waals surface area (Å²) < 4.78 is 39.5. The van der Waals surface area contributed by atoms with Crippen LogP contribution >= 0.6 is 0 Å². The molecule has 86 valence electrons. The molecule has 5 heteroatoms. The Balaban J connectivity index is 2.82. The van der Waals surface area contributed by atoms with Gasteiger partial charge in [-0.15, -0.1) is 0 Å². The van der Waals surface area contributed by atoms with E-state index in [1.165, 1.54) is 0 Å². The molecule has 0 aromatic carbocycles. The zero-order valence-corrected chi connectivity index (χ0v) is 9.18. The predicted molar refractivity (Wildman–Crippen MR) is 55.2 cm³/mol. The molecular formula is C11H11F3N2. The number of aryl methyl sites for hydroxylation is 3. The highest BCUT2D eigenvalue weighted by Gasteiger charge is 2.33. The molecule has 0 saturated heterocycles. The van der Waals surface area contributed by atoms with E-state index >= 15 is 0 Å². The number of hydrogen-bond acceptors (Lipinski definition) is 1. The van der Waals surface area contributed by atoms with Crippen molar-refractivity contribution < 1.29 is 13.2 Å². The topological polar surface area (TPSA) is 17.8 Å². The minimum atomic E-state index is -4.39. The van der Waals surface area contributed by atoms with E-state index in [1.54, 1.807) is 31.7 Å². The van der Waals surface area contributed by atoms with Gasteiger partial charge < -0.3 is 4.57 Å². The zero-order valence-electron chi connectivity index (χ0n) is 9.18. The van der Waals surface area contributed by atoms with Crippen molar-refractivity contribution in [3.8, 4) is 0 Å². The molecule has 16 heavy (non-hydrogen) atoms. The van der Waals surface area contributed by atoms with E-state index in [4.69, 9.17) is 0 Å². The molecule has 0 aliphatic carbocycles. The average Bonchev–Trinajstić information content (AvgIpc) is 2.41. The second-order valence-electron chi connectivity index (χ2n) is 3.91. The minimum absolute atomic E-state index is 0.403. The van der Waals surface area contributed by atoms with Gasteiger partial charge in [0.2, 0.25) is 0 Å². The van der Waals surface area contributed by atoms with E-state index in [9.17, 15) is 13.2 Å². The zero-order chi connectivity index (χ0) is 12.1. The van der Waals surface area contributed by atoms with E-state index in [0.717, 1.165) is 17.1 Å². The lowest BCUT2D eigenvalue weighted by Crippen LogP contribution is -2.09. The summed E-state index contributed by atoms with van der Waals surface area (Å²) >= 11 is 0. The first kappa shape index (κ1) is 11.0. The van der Waals surface area contributed by atoms with Crippen LogP contribution in [0.2, 0.25) is 0 Å². The Morgan fingerprint density at radius 1 is 1.25 bits per heavy atom. The van der Waals surface area contributed by atoms with Crippen molar-refractivity contribution in [3.63, 3.8) is 0 Å². The van der Waals surface area contributed by atoms with E-state index < -0.39 is 11.9 Å². The van der Waals surface area contributed by atoms with Gasteiger partial charge in [-0.3, -0.25) is 0 Å². The van der Waals surface area contributed by atoms with Crippen LogP contribution < -0.4 is 0 Å². The third-order valence-electron chi connectivity index (χ3n) is 2.62. The Labute approximate surface area is 90.7 Å². The normalized spacial score (nSPS) is 12.4. The summed E-state index contributed by atoms with van der Waals surface area (Å²) in [5.41, 5.74) is 1.16. The molecule has 0 amide bonds. The SMILES string of the molecule is Cc1cn(C)c2c(C)nc(C(F)(F)F)cc12. The van der Waals surface area contributed by atoms with E-state index in [1.807, 2.05) is 0 Å². The lowest BCUT2D eigenvalue weighted by atomic mass is 10.1. The van der Waals surface area contributed by atoms with Gasteiger partial charge in [0.15, 0.2) is 0 Å². The Morgan fingerprint density at radius 2 is 1.88 bits per heavy atom. The van der Waals surface area contributed by atoms with Crippen molar-refractivity contribution in [2.75, 3.05) is 0 Å². The number of nitrogens with zero attached hydrogens (tertiary/aromatic N) is 2. The van der Waals surface area contributed by atoms with Gasteiger partial charge in [-0.25, -0.2) is 4.98 Å². The second kappa shape index (κ2) is 3.23. The molecule has 0 saturated carbocycles. The number of aromatic nitrogens is 2. The first-order chi connectivity index (χ1) is 7.30. The first-order valence-corrected chi connectivity index (χ1v) is 4.81. The maximum Gasteiger partial charge on any atom is 0.433 e. The largest absolute Gasteiger partial charge is 0.433 e. The Kier molecular flexibility index (Phi) is 2.22. The number of hydrogen-bond donors (Lipinski definition) is 0. The number of alkyl halides is 3. The van der Waals surface area contributed by atoms with Crippen molar-refractivity contribution in [1.29, 1.82) is 0 Å². The number of halogens is 3. The number of pyridine rings is 1. The molecule has 0 bridgehead atoms. The van der Waals surface area contributed by atoms with E-state index in [0.29, 0.717) is 11.1 Å². The van der Waals surface area contributed by atoms with Crippen LogP contribution in [0, 0.1) is 13.8 Å². The fraction of sp³-hybridized carbons (Fsp3) is 0.364. The summed E-state index contributed by atoms with van der Waals surface area (Å²) in [6, 6.07) is 1.11. The quantitative estimate of drug-likeness (QED) is 0.677. The molecule has 0 radical (unpaired) electrons. The molecule has 0 spiro atoms. The maximum absolute atomic E-state index is 12.6. The maximum atomic E-state index is 12.6. The van der Waals surface area contributed by atoms with Crippen LogP contribution in [0.25, 0.3) is 10.9 Å². The molecule has 0 aliphatic rings. The Hall–Kier alpha value is -1.52. The molecule has 0 aliphatic heterocycles. The fourth-order valence-corrected chi connectivity index (χ4v) is 1.98. The van der Waals surface area contributed by atoms with Gasteiger partial charge in [-0.2, -0.15) is 13.2 Å². The third-order valence-corrected chi connectivity index (χ3v) is 2.62. The van der Waals surface area contributed by atoms with Gasteiger partial charge in [0.1, 0.15) is 5.69 Å². The van der Waals surface area contributed by atoms with E-state index in [2.05, 4.69) is 4.98 Å². The molecule has 2 nitrogen and oxygen atoms in total.